The molecular formula is C19H16F2N6OS3. The van der Waals surface area contributed by atoms with E-state index in [1.54, 1.807) is 17.5 Å². The van der Waals surface area contributed by atoms with Crippen molar-refractivity contribution in [1.29, 1.82) is 0 Å². The molecule has 0 radical (unpaired) electrons. The molecule has 1 aromatic heterocycles. The zero-order valence-electron chi connectivity index (χ0n) is 15.7. The highest BCUT2D eigenvalue weighted by molar-refractivity contribution is 7.81. The van der Waals surface area contributed by atoms with Gasteiger partial charge in [0.15, 0.2) is 15.4 Å². The normalized spacial score (nSPS) is 10.1. The first-order valence-corrected chi connectivity index (χ1v) is 10.5. The highest BCUT2D eigenvalue weighted by atomic mass is 32.1. The molecule has 2 aromatic carbocycles. The third kappa shape index (κ3) is 7.51. The van der Waals surface area contributed by atoms with E-state index in [9.17, 15) is 13.6 Å². The molecule has 3 aromatic rings. The molecule has 5 N–H and O–H groups in total. The van der Waals surface area contributed by atoms with E-state index in [4.69, 9.17) is 24.4 Å². The number of thiazole rings is 1. The first kappa shape index (κ1) is 22.5. The molecule has 12 heteroatoms. The number of benzene rings is 2. The van der Waals surface area contributed by atoms with E-state index < -0.39 is 0 Å². The van der Waals surface area contributed by atoms with Crippen LogP contribution in [0.5, 0.6) is 0 Å². The molecule has 0 atom stereocenters. The summed E-state index contributed by atoms with van der Waals surface area (Å²) in [4.78, 5) is 16.4. The van der Waals surface area contributed by atoms with Gasteiger partial charge in [0.2, 0.25) is 5.91 Å². The Morgan fingerprint density at radius 2 is 1.39 bits per heavy atom. The monoisotopic (exact) mass is 478 g/mol. The number of nitrogens with zero attached hydrogens (tertiary/aromatic N) is 1. The van der Waals surface area contributed by atoms with Crippen molar-refractivity contribution in [2.75, 3.05) is 16.0 Å². The van der Waals surface area contributed by atoms with E-state index >= 15 is 0 Å². The number of hydrogen-bond donors (Lipinski definition) is 5. The minimum atomic E-state index is -0.359. The summed E-state index contributed by atoms with van der Waals surface area (Å²) in [5.74, 6) is -1.05. The number of carbonyl (C=O) groups excluding carboxylic acids is 1. The average molecular weight is 479 g/mol. The Morgan fingerprint density at radius 1 is 0.839 bits per heavy atom. The van der Waals surface area contributed by atoms with Crippen LogP contribution in [0.4, 0.5) is 25.3 Å². The number of carbonyl (C=O) groups is 1. The highest BCUT2D eigenvalue weighted by Gasteiger charge is 2.09. The fourth-order valence-electron chi connectivity index (χ4n) is 2.27. The van der Waals surface area contributed by atoms with Crippen LogP contribution in [0, 0.1) is 11.6 Å². The van der Waals surface area contributed by atoms with Crippen molar-refractivity contribution in [2.45, 2.75) is 6.42 Å². The van der Waals surface area contributed by atoms with Gasteiger partial charge < -0.3 is 16.0 Å². The minimum Gasteiger partial charge on any atom is -0.332 e. The number of rotatable bonds is 5. The van der Waals surface area contributed by atoms with Crippen molar-refractivity contribution in [2.24, 2.45) is 0 Å². The van der Waals surface area contributed by atoms with Gasteiger partial charge in [-0.2, -0.15) is 0 Å². The van der Waals surface area contributed by atoms with E-state index in [2.05, 4.69) is 31.8 Å². The number of halogens is 2. The second kappa shape index (κ2) is 10.7. The van der Waals surface area contributed by atoms with E-state index in [1.807, 2.05) is 0 Å². The third-order valence-corrected chi connectivity index (χ3v) is 4.85. The molecule has 7 nitrogen and oxygen atoms in total. The predicted molar refractivity (Wildman–Crippen MR) is 126 cm³/mol. The van der Waals surface area contributed by atoms with Crippen molar-refractivity contribution in [1.82, 2.24) is 15.8 Å². The van der Waals surface area contributed by atoms with Gasteiger partial charge in [-0.3, -0.25) is 15.6 Å². The lowest BCUT2D eigenvalue weighted by atomic mass is 10.3. The van der Waals surface area contributed by atoms with Gasteiger partial charge in [0, 0.05) is 16.8 Å². The minimum absolute atomic E-state index is 0.0164. The van der Waals surface area contributed by atoms with Crippen LogP contribution < -0.4 is 26.8 Å². The van der Waals surface area contributed by atoms with Crippen LogP contribution in [0.1, 0.15) is 5.69 Å². The Balaban J connectivity index is 1.41. The van der Waals surface area contributed by atoms with Crippen molar-refractivity contribution in [3.63, 3.8) is 0 Å². The topological polar surface area (TPSA) is 90.1 Å². The summed E-state index contributed by atoms with van der Waals surface area (Å²) in [6.45, 7) is 0. The Hall–Kier alpha value is -3.22. The Labute approximate surface area is 191 Å². The van der Waals surface area contributed by atoms with E-state index in [-0.39, 0.29) is 34.2 Å². The van der Waals surface area contributed by atoms with Crippen LogP contribution in [0.15, 0.2) is 53.9 Å². The lowest BCUT2D eigenvalue weighted by Gasteiger charge is -2.11. The van der Waals surface area contributed by atoms with Crippen molar-refractivity contribution in [3.8, 4) is 0 Å². The van der Waals surface area contributed by atoms with Gasteiger partial charge in [-0.15, -0.1) is 11.3 Å². The van der Waals surface area contributed by atoms with E-state index in [0.29, 0.717) is 22.2 Å². The lowest BCUT2D eigenvalue weighted by molar-refractivity contribution is -0.121. The van der Waals surface area contributed by atoms with Gasteiger partial charge in [-0.25, -0.2) is 13.8 Å². The second-order valence-electron chi connectivity index (χ2n) is 6.04. The summed E-state index contributed by atoms with van der Waals surface area (Å²) in [5.41, 5.74) is 6.77. The molecule has 160 valence electrons. The standard InChI is InChI=1S/C19H16F2N6OS3/c20-11-1-5-13(6-2-11)22-17(29)25-19-24-15(10-31-19)9-16(28)26-27-18(30)23-14-7-3-12(21)4-8-14/h1-8,10H,9H2,(H,26,28)(H2,23,27,30)(H2,22,24,25,29). The maximum Gasteiger partial charge on any atom is 0.244 e. The van der Waals surface area contributed by atoms with Gasteiger partial charge in [0.25, 0.3) is 0 Å². The molecule has 0 fully saturated rings. The maximum atomic E-state index is 12.9. The Kier molecular flexibility index (Phi) is 7.76. The molecule has 0 aliphatic heterocycles. The quantitative estimate of drug-likeness (QED) is 0.280. The second-order valence-corrected chi connectivity index (χ2v) is 7.72. The highest BCUT2D eigenvalue weighted by Crippen LogP contribution is 2.17. The first-order valence-electron chi connectivity index (χ1n) is 8.77. The molecule has 31 heavy (non-hydrogen) atoms. The number of amides is 1. The number of nitrogens with one attached hydrogen (secondary N) is 5. The summed E-state index contributed by atoms with van der Waals surface area (Å²) in [7, 11) is 0. The number of hydrazine groups is 1. The summed E-state index contributed by atoms with van der Waals surface area (Å²) in [6, 6.07) is 11.4. The zero-order valence-corrected chi connectivity index (χ0v) is 18.2. The molecule has 0 spiro atoms. The van der Waals surface area contributed by atoms with Crippen LogP contribution in [-0.4, -0.2) is 21.1 Å². The van der Waals surface area contributed by atoms with Crippen LogP contribution in [-0.2, 0) is 11.2 Å². The Morgan fingerprint density at radius 3 is 1.97 bits per heavy atom. The van der Waals surface area contributed by atoms with Gasteiger partial charge >= 0.3 is 0 Å². The van der Waals surface area contributed by atoms with Crippen LogP contribution in [0.3, 0.4) is 0 Å². The Bertz CT molecular complexity index is 1070. The van der Waals surface area contributed by atoms with Gasteiger partial charge in [-0.1, -0.05) is 0 Å². The van der Waals surface area contributed by atoms with E-state index in [0.717, 1.165) is 0 Å². The molecule has 1 heterocycles. The summed E-state index contributed by atoms with van der Waals surface area (Å²) >= 11 is 11.5. The molecule has 3 rings (SSSR count). The average Bonchev–Trinajstić information content (AvgIpc) is 3.16. The zero-order chi connectivity index (χ0) is 22.2. The van der Waals surface area contributed by atoms with Gasteiger partial charge in [0.1, 0.15) is 11.6 Å². The number of anilines is 3. The largest absolute Gasteiger partial charge is 0.332 e. The van der Waals surface area contributed by atoms with E-state index in [1.165, 1.54) is 47.7 Å². The van der Waals surface area contributed by atoms with Crippen molar-refractivity contribution in [3.05, 3.63) is 71.2 Å². The van der Waals surface area contributed by atoms with Crippen LogP contribution >= 0.6 is 35.8 Å². The summed E-state index contributed by atoms with van der Waals surface area (Å²) in [5, 5.41) is 11.3. The fraction of sp³-hybridized carbons (Fsp3) is 0.0526. The van der Waals surface area contributed by atoms with Crippen molar-refractivity contribution < 1.29 is 13.6 Å². The number of thiocarbonyl (C=S) groups is 2. The van der Waals surface area contributed by atoms with Gasteiger partial charge in [0.05, 0.1) is 12.1 Å². The predicted octanol–water partition coefficient (Wildman–Crippen LogP) is 3.79. The number of aromatic nitrogens is 1. The van der Waals surface area contributed by atoms with Gasteiger partial charge in [-0.05, 0) is 73.0 Å². The molecule has 0 aliphatic rings. The molecule has 0 saturated carbocycles. The third-order valence-electron chi connectivity index (χ3n) is 3.63. The summed E-state index contributed by atoms with van der Waals surface area (Å²) < 4.78 is 25.8. The van der Waals surface area contributed by atoms with Crippen LogP contribution in [0.25, 0.3) is 0 Å². The fourth-order valence-corrected chi connectivity index (χ4v) is 3.43. The molecule has 0 bridgehead atoms. The van der Waals surface area contributed by atoms with Crippen LogP contribution in [0.2, 0.25) is 0 Å². The van der Waals surface area contributed by atoms with Crippen molar-refractivity contribution >= 4 is 68.4 Å². The maximum absolute atomic E-state index is 12.9. The molecule has 1 amide bonds. The molecule has 0 aliphatic carbocycles. The molecule has 0 unspecified atom stereocenters. The smallest absolute Gasteiger partial charge is 0.244 e. The lowest BCUT2D eigenvalue weighted by Crippen LogP contribution is -2.44. The first-order chi connectivity index (χ1) is 14.9. The summed E-state index contributed by atoms with van der Waals surface area (Å²) in [6.07, 6.45) is 0.0164. The SMILES string of the molecule is O=C(Cc1csc(NC(=S)Nc2ccc(F)cc2)n1)NNC(=S)Nc1ccc(F)cc1. The number of hydrogen-bond acceptors (Lipinski definition) is 5. The molecule has 0 saturated heterocycles. The molecular weight excluding hydrogens is 462 g/mol.